The molecule has 1 aliphatic carbocycles. The maximum absolute atomic E-state index is 11.5. The summed E-state index contributed by atoms with van der Waals surface area (Å²) in [6.07, 6.45) is 0.930. The molecule has 0 aliphatic heterocycles. The Balaban J connectivity index is 2.12. The smallest absolute Gasteiger partial charge is 0.249 e. The maximum Gasteiger partial charge on any atom is 0.249 e. The van der Waals surface area contributed by atoms with Gasteiger partial charge in [0, 0.05) is 13.0 Å². The van der Waals surface area contributed by atoms with Crippen LogP contribution in [-0.4, -0.2) is 25.7 Å². The van der Waals surface area contributed by atoms with Crippen molar-refractivity contribution in [2.45, 2.75) is 24.9 Å². The molecule has 0 bridgehead atoms. The fraction of sp³-hybridized carbons (Fsp3) is 0.500. The first-order valence-corrected chi connectivity index (χ1v) is 6.02. The topological polar surface area (TPSA) is 61.6 Å². The Morgan fingerprint density at radius 3 is 2.39 bits per heavy atom. The second kappa shape index (κ2) is 4.61. The third-order valence-electron chi connectivity index (χ3n) is 3.96. The molecule has 0 spiro atoms. The van der Waals surface area contributed by atoms with Gasteiger partial charge in [-0.3, -0.25) is 4.79 Å². The molecule has 1 aromatic rings. The first-order valence-electron chi connectivity index (χ1n) is 6.02. The molecule has 3 unspecified atom stereocenters. The summed E-state index contributed by atoms with van der Waals surface area (Å²) >= 11 is 0. The standard InChI is InChI=1S/C14H19NO3/c1-14(18-3,13(15)16)12-8-11(12)9-4-6-10(17-2)7-5-9/h4-7,11-12H,8H2,1-3H3,(H2,15,16). The monoisotopic (exact) mass is 249 g/mol. The second-order valence-electron chi connectivity index (χ2n) is 4.90. The lowest BCUT2D eigenvalue weighted by molar-refractivity contribution is -0.140. The molecule has 18 heavy (non-hydrogen) atoms. The number of benzene rings is 1. The lowest BCUT2D eigenvalue weighted by atomic mass is 9.95. The summed E-state index contributed by atoms with van der Waals surface area (Å²) in [6, 6.07) is 7.92. The highest BCUT2D eigenvalue weighted by molar-refractivity contribution is 5.84. The third-order valence-corrected chi connectivity index (χ3v) is 3.96. The van der Waals surface area contributed by atoms with E-state index in [1.54, 1.807) is 14.0 Å². The van der Waals surface area contributed by atoms with Crippen molar-refractivity contribution < 1.29 is 14.3 Å². The molecular weight excluding hydrogens is 230 g/mol. The van der Waals surface area contributed by atoms with E-state index in [4.69, 9.17) is 15.2 Å². The minimum Gasteiger partial charge on any atom is -0.497 e. The summed E-state index contributed by atoms with van der Waals surface area (Å²) in [5.74, 6) is 0.938. The zero-order valence-corrected chi connectivity index (χ0v) is 11.0. The van der Waals surface area contributed by atoms with Crippen molar-refractivity contribution in [3.05, 3.63) is 29.8 Å². The molecule has 4 heteroatoms. The predicted molar refractivity (Wildman–Crippen MR) is 68.5 cm³/mol. The van der Waals surface area contributed by atoms with E-state index < -0.39 is 11.5 Å². The SMILES string of the molecule is COc1ccc(C2CC2C(C)(OC)C(N)=O)cc1. The van der Waals surface area contributed by atoms with Crippen molar-refractivity contribution in [1.29, 1.82) is 0 Å². The minimum atomic E-state index is -0.870. The highest BCUT2D eigenvalue weighted by atomic mass is 16.5. The molecule has 1 fully saturated rings. The van der Waals surface area contributed by atoms with Gasteiger partial charge in [-0.25, -0.2) is 0 Å². The quantitative estimate of drug-likeness (QED) is 0.863. The second-order valence-corrected chi connectivity index (χ2v) is 4.90. The number of amides is 1. The number of carbonyl (C=O) groups excluding carboxylic acids is 1. The Bertz CT molecular complexity index is 443. The Labute approximate surface area is 107 Å². The maximum atomic E-state index is 11.5. The van der Waals surface area contributed by atoms with Crippen LogP contribution in [0.1, 0.15) is 24.8 Å². The normalized spacial score (nSPS) is 25.3. The van der Waals surface area contributed by atoms with Gasteiger partial charge < -0.3 is 15.2 Å². The lowest BCUT2D eigenvalue weighted by Crippen LogP contribution is -2.45. The van der Waals surface area contributed by atoms with Crippen LogP contribution in [0.4, 0.5) is 0 Å². The summed E-state index contributed by atoms with van der Waals surface area (Å²) in [7, 11) is 3.18. The largest absolute Gasteiger partial charge is 0.497 e. The molecule has 0 saturated heterocycles. The number of hydrogen-bond donors (Lipinski definition) is 1. The Morgan fingerprint density at radius 1 is 1.33 bits per heavy atom. The number of carbonyl (C=O) groups is 1. The number of hydrogen-bond acceptors (Lipinski definition) is 3. The van der Waals surface area contributed by atoms with E-state index in [0.29, 0.717) is 5.92 Å². The van der Waals surface area contributed by atoms with Gasteiger partial charge in [0.2, 0.25) is 5.91 Å². The lowest BCUT2D eigenvalue weighted by Gasteiger charge is -2.24. The number of nitrogens with two attached hydrogens (primary N) is 1. The van der Waals surface area contributed by atoms with E-state index in [1.807, 2.05) is 24.3 Å². The van der Waals surface area contributed by atoms with Crippen molar-refractivity contribution >= 4 is 5.91 Å². The van der Waals surface area contributed by atoms with Crippen LogP contribution >= 0.6 is 0 Å². The molecule has 1 aromatic carbocycles. The van der Waals surface area contributed by atoms with Crippen LogP contribution in [-0.2, 0) is 9.53 Å². The van der Waals surface area contributed by atoms with E-state index >= 15 is 0 Å². The van der Waals surface area contributed by atoms with Crippen LogP contribution in [0.3, 0.4) is 0 Å². The zero-order chi connectivity index (χ0) is 13.3. The molecule has 1 amide bonds. The Hall–Kier alpha value is -1.55. The fourth-order valence-corrected chi connectivity index (χ4v) is 2.46. The van der Waals surface area contributed by atoms with Crippen molar-refractivity contribution in [3.8, 4) is 5.75 Å². The summed E-state index contributed by atoms with van der Waals surface area (Å²) in [6.45, 7) is 1.77. The van der Waals surface area contributed by atoms with Gasteiger partial charge in [0.15, 0.2) is 0 Å². The molecule has 1 aliphatic rings. The van der Waals surface area contributed by atoms with Crippen LogP contribution in [0.5, 0.6) is 5.75 Å². The summed E-state index contributed by atoms with van der Waals surface area (Å²) < 4.78 is 10.4. The molecule has 2 rings (SSSR count). The van der Waals surface area contributed by atoms with Gasteiger partial charge in [-0.2, -0.15) is 0 Å². The van der Waals surface area contributed by atoms with Crippen LogP contribution in [0.25, 0.3) is 0 Å². The first-order chi connectivity index (χ1) is 8.52. The predicted octanol–water partition coefficient (Wildman–Crippen LogP) is 1.69. The molecule has 3 atom stereocenters. The van der Waals surface area contributed by atoms with E-state index in [9.17, 15) is 4.79 Å². The van der Waals surface area contributed by atoms with Gasteiger partial charge in [-0.05, 0) is 37.0 Å². The summed E-state index contributed by atoms with van der Waals surface area (Å²) in [5.41, 5.74) is 5.75. The fourth-order valence-electron chi connectivity index (χ4n) is 2.46. The average molecular weight is 249 g/mol. The molecule has 2 N–H and O–H groups in total. The van der Waals surface area contributed by atoms with Gasteiger partial charge >= 0.3 is 0 Å². The van der Waals surface area contributed by atoms with E-state index in [0.717, 1.165) is 12.2 Å². The van der Waals surface area contributed by atoms with Crippen LogP contribution < -0.4 is 10.5 Å². The van der Waals surface area contributed by atoms with Gasteiger partial charge in [-0.15, -0.1) is 0 Å². The van der Waals surface area contributed by atoms with Crippen molar-refractivity contribution in [2.75, 3.05) is 14.2 Å². The van der Waals surface area contributed by atoms with Crippen LogP contribution in [0.15, 0.2) is 24.3 Å². The Kier molecular flexibility index (Phi) is 3.30. The molecule has 0 radical (unpaired) electrons. The third kappa shape index (κ3) is 2.08. The number of primary amides is 1. The highest BCUT2D eigenvalue weighted by Crippen LogP contribution is 2.54. The molecule has 4 nitrogen and oxygen atoms in total. The number of methoxy groups -OCH3 is 2. The van der Waals surface area contributed by atoms with E-state index in [-0.39, 0.29) is 5.92 Å². The number of rotatable bonds is 5. The molecule has 98 valence electrons. The molecule has 0 aromatic heterocycles. The van der Waals surface area contributed by atoms with Crippen LogP contribution in [0, 0.1) is 5.92 Å². The van der Waals surface area contributed by atoms with Crippen molar-refractivity contribution in [1.82, 2.24) is 0 Å². The van der Waals surface area contributed by atoms with Crippen molar-refractivity contribution in [2.24, 2.45) is 11.7 Å². The van der Waals surface area contributed by atoms with Gasteiger partial charge in [0.05, 0.1) is 7.11 Å². The van der Waals surface area contributed by atoms with Crippen LogP contribution in [0.2, 0.25) is 0 Å². The summed E-state index contributed by atoms with van der Waals surface area (Å²) in [4.78, 5) is 11.5. The van der Waals surface area contributed by atoms with E-state index in [1.165, 1.54) is 12.7 Å². The molecule has 0 heterocycles. The van der Waals surface area contributed by atoms with Crippen molar-refractivity contribution in [3.63, 3.8) is 0 Å². The van der Waals surface area contributed by atoms with Gasteiger partial charge in [0.25, 0.3) is 0 Å². The molecule has 1 saturated carbocycles. The number of ether oxygens (including phenoxy) is 2. The highest BCUT2D eigenvalue weighted by Gasteiger charge is 2.54. The minimum absolute atomic E-state index is 0.161. The first kappa shape index (κ1) is 12.9. The summed E-state index contributed by atoms with van der Waals surface area (Å²) in [5, 5.41) is 0. The average Bonchev–Trinajstić information content (AvgIpc) is 3.18. The Morgan fingerprint density at radius 2 is 1.94 bits per heavy atom. The zero-order valence-electron chi connectivity index (χ0n) is 11.0. The van der Waals surface area contributed by atoms with Gasteiger partial charge in [0.1, 0.15) is 11.4 Å². The van der Waals surface area contributed by atoms with Gasteiger partial charge in [-0.1, -0.05) is 12.1 Å². The van der Waals surface area contributed by atoms with E-state index in [2.05, 4.69) is 0 Å². The molecular formula is C14H19NO3.